The van der Waals surface area contributed by atoms with Gasteiger partial charge in [0, 0.05) is 30.3 Å². The summed E-state index contributed by atoms with van der Waals surface area (Å²) in [5.74, 6) is -0.941. The lowest BCUT2D eigenvalue weighted by Crippen LogP contribution is -2.30. The normalized spacial score (nSPS) is 17.7. The Bertz CT molecular complexity index is 1270. The largest absolute Gasteiger partial charge is 0.478 e. The fourth-order valence-electron chi connectivity index (χ4n) is 4.31. The van der Waals surface area contributed by atoms with Crippen LogP contribution < -0.4 is 5.32 Å². The molecular formula is C26H22N4O2S. The number of benzene rings is 2. The van der Waals surface area contributed by atoms with Crippen molar-refractivity contribution >= 4 is 23.3 Å². The molecule has 1 saturated heterocycles. The molecule has 33 heavy (non-hydrogen) atoms. The molecular weight excluding hydrogens is 432 g/mol. The minimum Gasteiger partial charge on any atom is -0.478 e. The van der Waals surface area contributed by atoms with Crippen molar-refractivity contribution in [2.75, 3.05) is 0 Å². The molecule has 4 aromatic rings. The molecule has 164 valence electrons. The number of carbonyl (C=O) groups is 1. The molecule has 0 amide bonds. The molecule has 0 spiro atoms. The Morgan fingerprint density at radius 1 is 0.970 bits per heavy atom. The minimum atomic E-state index is -0.941. The SMILES string of the molecule is O=C(O)c1ccc(-n2cccc2[C@@H]2[C@@H](c3ccccn3)NC(=S)N2Cc2ccccc2)cc1. The van der Waals surface area contributed by atoms with Crippen LogP contribution in [-0.2, 0) is 6.54 Å². The van der Waals surface area contributed by atoms with Gasteiger partial charge in [0.25, 0.3) is 0 Å². The van der Waals surface area contributed by atoms with E-state index in [1.165, 1.54) is 0 Å². The van der Waals surface area contributed by atoms with E-state index in [1.54, 1.807) is 18.3 Å². The van der Waals surface area contributed by atoms with E-state index in [1.807, 2.05) is 60.8 Å². The molecule has 0 radical (unpaired) electrons. The maximum Gasteiger partial charge on any atom is 0.335 e. The first-order valence-electron chi connectivity index (χ1n) is 10.6. The average molecular weight is 455 g/mol. The zero-order valence-electron chi connectivity index (χ0n) is 17.7. The third-order valence-corrected chi connectivity index (χ3v) is 6.22. The summed E-state index contributed by atoms with van der Waals surface area (Å²) >= 11 is 5.79. The van der Waals surface area contributed by atoms with Crippen LogP contribution in [0.5, 0.6) is 0 Å². The molecule has 5 rings (SSSR count). The topological polar surface area (TPSA) is 70.4 Å². The van der Waals surface area contributed by atoms with Crippen LogP contribution in [0, 0.1) is 0 Å². The first-order valence-corrected chi connectivity index (χ1v) is 11.1. The zero-order chi connectivity index (χ0) is 22.8. The van der Waals surface area contributed by atoms with Gasteiger partial charge < -0.3 is 19.9 Å². The van der Waals surface area contributed by atoms with Crippen LogP contribution in [0.2, 0.25) is 0 Å². The van der Waals surface area contributed by atoms with Crippen LogP contribution in [0.1, 0.15) is 39.4 Å². The van der Waals surface area contributed by atoms with Crippen molar-refractivity contribution in [1.82, 2.24) is 19.8 Å². The lowest BCUT2D eigenvalue weighted by Gasteiger charge is -2.29. The van der Waals surface area contributed by atoms with Gasteiger partial charge in [-0.15, -0.1) is 0 Å². The van der Waals surface area contributed by atoms with Crippen molar-refractivity contribution in [3.05, 3.63) is 120 Å². The number of carboxylic acids is 1. The van der Waals surface area contributed by atoms with Crippen molar-refractivity contribution < 1.29 is 9.90 Å². The van der Waals surface area contributed by atoms with E-state index < -0.39 is 5.97 Å². The van der Waals surface area contributed by atoms with Crippen molar-refractivity contribution in [1.29, 1.82) is 0 Å². The van der Waals surface area contributed by atoms with Gasteiger partial charge in [0.1, 0.15) is 0 Å². The number of nitrogens with zero attached hydrogens (tertiary/aromatic N) is 3. The van der Waals surface area contributed by atoms with Gasteiger partial charge in [0.15, 0.2) is 5.11 Å². The van der Waals surface area contributed by atoms with Crippen LogP contribution in [0.4, 0.5) is 0 Å². The summed E-state index contributed by atoms with van der Waals surface area (Å²) in [5.41, 5.74) is 4.26. The Balaban J connectivity index is 1.58. The molecule has 0 bridgehead atoms. The summed E-state index contributed by atoms with van der Waals surface area (Å²) in [4.78, 5) is 18.1. The molecule has 0 aliphatic carbocycles. The minimum absolute atomic E-state index is 0.109. The zero-order valence-corrected chi connectivity index (χ0v) is 18.5. The van der Waals surface area contributed by atoms with Crippen LogP contribution >= 0.6 is 12.2 Å². The van der Waals surface area contributed by atoms with Crippen molar-refractivity contribution in [2.24, 2.45) is 0 Å². The predicted molar refractivity (Wildman–Crippen MR) is 130 cm³/mol. The second kappa shape index (κ2) is 8.88. The van der Waals surface area contributed by atoms with E-state index in [2.05, 4.69) is 38.0 Å². The van der Waals surface area contributed by atoms with Crippen LogP contribution in [-0.4, -0.2) is 30.6 Å². The van der Waals surface area contributed by atoms with E-state index in [4.69, 9.17) is 12.2 Å². The first-order chi connectivity index (χ1) is 16.1. The highest BCUT2D eigenvalue weighted by molar-refractivity contribution is 7.80. The molecule has 2 atom stereocenters. The molecule has 2 N–H and O–H groups in total. The Kier molecular flexibility index (Phi) is 5.62. The Morgan fingerprint density at radius 2 is 1.73 bits per heavy atom. The Labute approximate surface area is 197 Å². The van der Waals surface area contributed by atoms with Gasteiger partial charge in [-0.2, -0.15) is 0 Å². The smallest absolute Gasteiger partial charge is 0.335 e. The van der Waals surface area contributed by atoms with Gasteiger partial charge >= 0.3 is 5.97 Å². The average Bonchev–Trinajstić information content (AvgIpc) is 3.45. The number of thiocarbonyl (C=S) groups is 1. The molecule has 2 aromatic heterocycles. The summed E-state index contributed by atoms with van der Waals surface area (Å²) in [6.45, 7) is 0.657. The van der Waals surface area contributed by atoms with E-state index in [9.17, 15) is 9.90 Å². The number of aromatic nitrogens is 2. The second-order valence-corrected chi connectivity index (χ2v) is 8.28. The second-order valence-electron chi connectivity index (χ2n) is 7.90. The fourth-order valence-corrected chi connectivity index (χ4v) is 4.62. The molecule has 2 aromatic carbocycles. The van der Waals surface area contributed by atoms with Crippen LogP contribution in [0.15, 0.2) is 97.3 Å². The van der Waals surface area contributed by atoms with Gasteiger partial charge in [0.2, 0.25) is 0 Å². The maximum atomic E-state index is 11.3. The molecule has 1 fully saturated rings. The van der Waals surface area contributed by atoms with Crippen molar-refractivity contribution in [2.45, 2.75) is 18.6 Å². The fraction of sp³-hybridized carbons (Fsp3) is 0.115. The lowest BCUT2D eigenvalue weighted by atomic mass is 10.0. The highest BCUT2D eigenvalue weighted by Crippen LogP contribution is 2.40. The summed E-state index contributed by atoms with van der Waals surface area (Å²) in [7, 11) is 0. The third kappa shape index (κ3) is 4.10. The number of hydrogen-bond donors (Lipinski definition) is 2. The molecule has 3 heterocycles. The Hall–Kier alpha value is -3.97. The summed E-state index contributed by atoms with van der Waals surface area (Å²) < 4.78 is 2.08. The quantitative estimate of drug-likeness (QED) is 0.410. The van der Waals surface area contributed by atoms with E-state index >= 15 is 0 Å². The van der Waals surface area contributed by atoms with Gasteiger partial charge in [-0.25, -0.2) is 4.79 Å². The number of rotatable bonds is 6. The number of nitrogens with one attached hydrogen (secondary N) is 1. The number of carboxylic acid groups (broad SMARTS) is 1. The number of pyridine rings is 1. The van der Waals surface area contributed by atoms with Crippen LogP contribution in [0.25, 0.3) is 5.69 Å². The van der Waals surface area contributed by atoms with E-state index in [0.29, 0.717) is 11.7 Å². The van der Waals surface area contributed by atoms with Crippen molar-refractivity contribution in [3.8, 4) is 5.69 Å². The monoisotopic (exact) mass is 454 g/mol. The number of aromatic carboxylic acids is 1. The Morgan fingerprint density at radius 3 is 2.42 bits per heavy atom. The van der Waals surface area contributed by atoms with Gasteiger partial charge in [-0.3, -0.25) is 4.98 Å². The standard InChI is InChI=1S/C26H22N4O2S/c31-25(32)19-11-13-20(14-12-19)29-16-6-10-22(29)24-23(21-9-4-5-15-27-21)28-26(33)30(24)17-18-7-2-1-3-8-18/h1-16,23-24H,17H2,(H,28,33)(H,31,32)/t23-,24-/m1/s1. The highest BCUT2D eigenvalue weighted by atomic mass is 32.1. The predicted octanol–water partition coefficient (Wildman–Crippen LogP) is 4.74. The third-order valence-electron chi connectivity index (χ3n) is 5.87. The van der Waals surface area contributed by atoms with Crippen molar-refractivity contribution in [3.63, 3.8) is 0 Å². The molecule has 7 heteroatoms. The van der Waals surface area contributed by atoms with E-state index in [-0.39, 0.29) is 17.6 Å². The van der Waals surface area contributed by atoms with Gasteiger partial charge in [0.05, 0.1) is 23.3 Å². The highest BCUT2D eigenvalue weighted by Gasteiger charge is 2.41. The summed E-state index contributed by atoms with van der Waals surface area (Å²) in [5, 5.41) is 13.4. The molecule has 0 unspecified atom stereocenters. The van der Waals surface area contributed by atoms with Crippen LogP contribution in [0.3, 0.4) is 0 Å². The van der Waals surface area contributed by atoms with Gasteiger partial charge in [-0.05, 0) is 66.3 Å². The first kappa shape index (κ1) is 20.9. The number of hydrogen-bond acceptors (Lipinski definition) is 3. The molecule has 0 saturated carbocycles. The van der Waals surface area contributed by atoms with E-state index in [0.717, 1.165) is 22.6 Å². The summed E-state index contributed by atoms with van der Waals surface area (Å²) in [6, 6.07) is 26.9. The maximum absolute atomic E-state index is 11.3. The molecule has 1 aliphatic heterocycles. The molecule has 1 aliphatic rings. The van der Waals surface area contributed by atoms with Gasteiger partial charge in [-0.1, -0.05) is 36.4 Å². The molecule has 6 nitrogen and oxygen atoms in total. The summed E-state index contributed by atoms with van der Waals surface area (Å²) in [6.07, 6.45) is 3.78. The lowest BCUT2D eigenvalue weighted by molar-refractivity contribution is 0.0697.